The van der Waals surface area contributed by atoms with Crippen LogP contribution in [0.5, 0.6) is 17.2 Å². The molecule has 1 fully saturated rings. The molecule has 4 rings (SSSR count). The summed E-state index contributed by atoms with van der Waals surface area (Å²) in [4.78, 5) is 17.4. The van der Waals surface area contributed by atoms with E-state index >= 15 is 0 Å². The Morgan fingerprint density at radius 2 is 1.97 bits per heavy atom. The van der Waals surface area contributed by atoms with Gasteiger partial charge < -0.3 is 23.8 Å². The van der Waals surface area contributed by atoms with Crippen molar-refractivity contribution in [3.63, 3.8) is 0 Å². The molecular formula is C26H33FN2O5. The number of morpholine rings is 1. The van der Waals surface area contributed by atoms with E-state index in [-0.39, 0.29) is 17.8 Å². The molecule has 2 aliphatic rings. The third-order valence-electron chi connectivity index (χ3n) is 6.17. The second-order valence-corrected chi connectivity index (χ2v) is 8.91. The van der Waals surface area contributed by atoms with Crippen molar-refractivity contribution >= 4 is 5.91 Å². The molecule has 0 radical (unpaired) electrons. The van der Waals surface area contributed by atoms with Gasteiger partial charge in [0.25, 0.3) is 5.91 Å². The van der Waals surface area contributed by atoms with Crippen LogP contribution in [0.2, 0.25) is 0 Å². The number of hydrogen-bond acceptors (Lipinski definition) is 6. The number of benzene rings is 2. The average Bonchev–Trinajstić information content (AvgIpc) is 3.08. The Kier molecular flexibility index (Phi) is 7.90. The van der Waals surface area contributed by atoms with Gasteiger partial charge in [0.05, 0.1) is 26.9 Å². The van der Waals surface area contributed by atoms with E-state index in [1.165, 1.54) is 13.2 Å². The predicted octanol–water partition coefficient (Wildman–Crippen LogP) is 3.63. The van der Waals surface area contributed by atoms with Crippen molar-refractivity contribution in [3.8, 4) is 17.2 Å². The molecule has 2 aromatic rings. The smallest absolute Gasteiger partial charge is 0.253 e. The number of rotatable bonds is 7. The maximum Gasteiger partial charge on any atom is 0.253 e. The van der Waals surface area contributed by atoms with Crippen molar-refractivity contribution < 1.29 is 28.1 Å². The highest BCUT2D eigenvalue weighted by Crippen LogP contribution is 2.31. The molecular weight excluding hydrogens is 439 g/mol. The van der Waals surface area contributed by atoms with Gasteiger partial charge in [0, 0.05) is 44.2 Å². The van der Waals surface area contributed by atoms with Crippen molar-refractivity contribution in [2.24, 2.45) is 0 Å². The lowest BCUT2D eigenvalue weighted by Crippen LogP contribution is -2.52. The number of carbonyl (C=O) groups excluding carboxylic acids is 1. The van der Waals surface area contributed by atoms with Gasteiger partial charge in [-0.25, -0.2) is 4.39 Å². The first-order valence-corrected chi connectivity index (χ1v) is 11.8. The molecule has 1 atom stereocenters. The Bertz CT molecular complexity index is 999. The van der Waals surface area contributed by atoms with Crippen LogP contribution in [0.15, 0.2) is 36.4 Å². The van der Waals surface area contributed by atoms with Gasteiger partial charge in [-0.1, -0.05) is 12.1 Å². The maximum atomic E-state index is 14.4. The number of carbonyl (C=O) groups is 1. The molecule has 0 N–H and O–H groups in total. The number of amides is 1. The van der Waals surface area contributed by atoms with E-state index in [0.717, 1.165) is 17.7 Å². The summed E-state index contributed by atoms with van der Waals surface area (Å²) < 4.78 is 37.2. The number of hydrogen-bond donors (Lipinski definition) is 0. The molecule has 34 heavy (non-hydrogen) atoms. The standard InChI is InChI=1S/C26H33FN2O5/c1-18(2)29(15-19-8-9-23-24(14-19)33-12-5-11-32-23)26(30)25-17-28(10-13-34-25)16-20-21(27)6-4-7-22(20)31-3/h4,6-9,14,18,25H,5,10-13,15-17H2,1-3H3. The van der Waals surface area contributed by atoms with Crippen LogP contribution in [0, 0.1) is 5.82 Å². The summed E-state index contributed by atoms with van der Waals surface area (Å²) >= 11 is 0. The zero-order valence-corrected chi connectivity index (χ0v) is 20.1. The molecule has 1 saturated heterocycles. The monoisotopic (exact) mass is 472 g/mol. The van der Waals surface area contributed by atoms with Crippen LogP contribution < -0.4 is 14.2 Å². The lowest BCUT2D eigenvalue weighted by molar-refractivity contribution is -0.152. The van der Waals surface area contributed by atoms with Crippen LogP contribution in [0.1, 0.15) is 31.4 Å². The van der Waals surface area contributed by atoms with Gasteiger partial charge in [-0.15, -0.1) is 0 Å². The first kappa shape index (κ1) is 24.3. The second kappa shape index (κ2) is 11.1. The molecule has 0 aromatic heterocycles. The Labute approximate surface area is 200 Å². The highest BCUT2D eigenvalue weighted by atomic mass is 19.1. The number of methoxy groups -OCH3 is 1. The molecule has 0 bridgehead atoms. The lowest BCUT2D eigenvalue weighted by atomic mass is 10.1. The van der Waals surface area contributed by atoms with Crippen molar-refractivity contribution in [1.29, 1.82) is 0 Å². The minimum Gasteiger partial charge on any atom is -0.496 e. The van der Waals surface area contributed by atoms with E-state index in [0.29, 0.717) is 63.1 Å². The first-order valence-electron chi connectivity index (χ1n) is 11.8. The maximum absolute atomic E-state index is 14.4. The molecule has 2 aliphatic heterocycles. The van der Waals surface area contributed by atoms with E-state index in [4.69, 9.17) is 18.9 Å². The third kappa shape index (κ3) is 5.62. The van der Waals surface area contributed by atoms with Crippen molar-refractivity contribution in [3.05, 3.63) is 53.3 Å². The topological polar surface area (TPSA) is 60.5 Å². The van der Waals surface area contributed by atoms with Gasteiger partial charge in [-0.3, -0.25) is 9.69 Å². The fourth-order valence-electron chi connectivity index (χ4n) is 4.31. The third-order valence-corrected chi connectivity index (χ3v) is 6.17. The van der Waals surface area contributed by atoms with Gasteiger partial charge in [-0.05, 0) is 43.7 Å². The molecule has 7 nitrogen and oxygen atoms in total. The van der Waals surface area contributed by atoms with E-state index in [1.807, 2.05) is 41.8 Å². The summed E-state index contributed by atoms with van der Waals surface area (Å²) in [6.07, 6.45) is 0.226. The Balaban J connectivity index is 1.45. The molecule has 1 unspecified atom stereocenters. The number of nitrogens with zero attached hydrogens (tertiary/aromatic N) is 2. The molecule has 0 saturated carbocycles. The van der Waals surface area contributed by atoms with Gasteiger partial charge in [0.2, 0.25) is 0 Å². The summed E-state index contributed by atoms with van der Waals surface area (Å²) in [6.45, 7) is 7.44. The fourth-order valence-corrected chi connectivity index (χ4v) is 4.31. The van der Waals surface area contributed by atoms with E-state index in [2.05, 4.69) is 0 Å². The molecule has 2 aromatic carbocycles. The van der Waals surface area contributed by atoms with Crippen molar-refractivity contribution in [2.75, 3.05) is 40.0 Å². The van der Waals surface area contributed by atoms with Crippen LogP contribution in [0.25, 0.3) is 0 Å². The number of fused-ring (bicyclic) bond motifs is 1. The van der Waals surface area contributed by atoms with Gasteiger partial charge in [-0.2, -0.15) is 0 Å². The van der Waals surface area contributed by atoms with Crippen LogP contribution in [0.4, 0.5) is 4.39 Å². The molecule has 1 amide bonds. The minimum atomic E-state index is -0.616. The van der Waals surface area contributed by atoms with Crippen LogP contribution >= 0.6 is 0 Å². The number of ether oxygens (including phenoxy) is 4. The number of halogens is 1. The van der Waals surface area contributed by atoms with Gasteiger partial charge in [0.1, 0.15) is 17.7 Å². The molecule has 8 heteroatoms. The Hall–Kier alpha value is -2.84. The zero-order chi connectivity index (χ0) is 24.1. The summed E-state index contributed by atoms with van der Waals surface area (Å²) in [5, 5.41) is 0. The zero-order valence-electron chi connectivity index (χ0n) is 20.1. The Morgan fingerprint density at radius 1 is 1.18 bits per heavy atom. The Morgan fingerprint density at radius 3 is 2.74 bits per heavy atom. The molecule has 2 heterocycles. The largest absolute Gasteiger partial charge is 0.496 e. The lowest BCUT2D eigenvalue weighted by Gasteiger charge is -2.36. The van der Waals surface area contributed by atoms with E-state index in [9.17, 15) is 9.18 Å². The molecule has 0 aliphatic carbocycles. The van der Waals surface area contributed by atoms with Crippen LogP contribution in [0.3, 0.4) is 0 Å². The summed E-state index contributed by atoms with van der Waals surface area (Å²) in [5.41, 5.74) is 1.46. The average molecular weight is 473 g/mol. The summed E-state index contributed by atoms with van der Waals surface area (Å²) in [6, 6.07) is 10.6. The highest BCUT2D eigenvalue weighted by molar-refractivity contribution is 5.81. The van der Waals surface area contributed by atoms with Gasteiger partial charge >= 0.3 is 0 Å². The highest BCUT2D eigenvalue weighted by Gasteiger charge is 2.32. The SMILES string of the molecule is COc1cccc(F)c1CN1CCOC(C(=O)N(Cc2ccc3c(c2)OCCCO3)C(C)C)C1. The molecule has 0 spiro atoms. The normalized spacial score (nSPS) is 18.4. The van der Waals surface area contributed by atoms with E-state index < -0.39 is 6.10 Å². The van der Waals surface area contributed by atoms with Crippen molar-refractivity contribution in [2.45, 2.75) is 45.5 Å². The van der Waals surface area contributed by atoms with Crippen LogP contribution in [-0.4, -0.2) is 67.9 Å². The van der Waals surface area contributed by atoms with Crippen molar-refractivity contribution in [1.82, 2.24) is 9.80 Å². The summed E-state index contributed by atoms with van der Waals surface area (Å²) in [7, 11) is 1.53. The molecule has 184 valence electrons. The van der Waals surface area contributed by atoms with Gasteiger partial charge in [0.15, 0.2) is 11.5 Å². The quantitative estimate of drug-likeness (QED) is 0.613. The predicted molar refractivity (Wildman–Crippen MR) is 126 cm³/mol. The second-order valence-electron chi connectivity index (χ2n) is 8.91. The van der Waals surface area contributed by atoms with E-state index in [1.54, 1.807) is 12.1 Å². The first-order chi connectivity index (χ1) is 16.5. The van der Waals surface area contributed by atoms with Crippen LogP contribution in [-0.2, 0) is 22.6 Å². The minimum absolute atomic E-state index is 0.0193. The summed E-state index contributed by atoms with van der Waals surface area (Å²) in [5.74, 6) is 1.57. The fraction of sp³-hybridized carbons (Fsp3) is 0.500.